The summed E-state index contributed by atoms with van der Waals surface area (Å²) < 4.78 is 1.39. The summed E-state index contributed by atoms with van der Waals surface area (Å²) in [6.07, 6.45) is 5.71. The summed E-state index contributed by atoms with van der Waals surface area (Å²) in [5.74, 6) is 0.320. The van der Waals surface area contributed by atoms with Gasteiger partial charge in [-0.05, 0) is 24.8 Å². The van der Waals surface area contributed by atoms with Crippen LogP contribution in [-0.4, -0.2) is 21.0 Å². The Morgan fingerprint density at radius 1 is 1.32 bits per heavy atom. The summed E-state index contributed by atoms with van der Waals surface area (Å²) in [6.45, 7) is 0.300. The Labute approximate surface area is 111 Å². The van der Waals surface area contributed by atoms with Gasteiger partial charge in [-0.1, -0.05) is 31.0 Å². The summed E-state index contributed by atoms with van der Waals surface area (Å²) in [5.41, 5.74) is -0.116. The van der Waals surface area contributed by atoms with E-state index in [1.807, 2.05) is 18.2 Å². The van der Waals surface area contributed by atoms with Crippen LogP contribution >= 0.6 is 0 Å². The van der Waals surface area contributed by atoms with Crippen LogP contribution in [0.2, 0.25) is 0 Å². The first-order valence-corrected chi connectivity index (χ1v) is 6.88. The highest BCUT2D eigenvalue weighted by molar-refractivity contribution is 5.80. The Kier molecular flexibility index (Phi) is 3.34. The summed E-state index contributed by atoms with van der Waals surface area (Å²) in [6, 6.07) is 7.42. The summed E-state index contributed by atoms with van der Waals surface area (Å²) in [5, 5.41) is 15.9. The summed E-state index contributed by atoms with van der Waals surface area (Å²) in [4.78, 5) is 12.3. The number of aliphatic hydroxyl groups is 1. The third kappa shape index (κ3) is 2.40. The molecule has 1 aromatic heterocycles. The van der Waals surface area contributed by atoms with Gasteiger partial charge >= 0.3 is 0 Å². The molecule has 1 fully saturated rings. The predicted octanol–water partition coefficient (Wildman–Crippen LogP) is 1.95. The lowest BCUT2D eigenvalue weighted by atomic mass is 10.0. The smallest absolute Gasteiger partial charge is 0.274 e. The fourth-order valence-electron chi connectivity index (χ4n) is 2.93. The number of rotatable bonds is 3. The van der Waals surface area contributed by atoms with Crippen LogP contribution in [-0.2, 0) is 6.54 Å². The van der Waals surface area contributed by atoms with Crippen LogP contribution in [0.5, 0.6) is 0 Å². The van der Waals surface area contributed by atoms with Crippen LogP contribution in [0.15, 0.2) is 35.3 Å². The van der Waals surface area contributed by atoms with Crippen molar-refractivity contribution in [3.8, 4) is 0 Å². The molecule has 0 aliphatic heterocycles. The zero-order valence-corrected chi connectivity index (χ0v) is 10.8. The van der Waals surface area contributed by atoms with E-state index in [9.17, 15) is 9.90 Å². The van der Waals surface area contributed by atoms with Gasteiger partial charge in [0.05, 0.1) is 24.2 Å². The Hall–Kier alpha value is -1.68. The molecule has 100 valence electrons. The van der Waals surface area contributed by atoms with E-state index in [-0.39, 0.29) is 5.56 Å². The monoisotopic (exact) mass is 258 g/mol. The quantitative estimate of drug-likeness (QED) is 0.915. The molecule has 1 saturated carbocycles. The van der Waals surface area contributed by atoms with Crippen molar-refractivity contribution in [3.05, 3.63) is 40.8 Å². The second-order valence-electron chi connectivity index (χ2n) is 5.33. The molecule has 0 radical (unpaired) electrons. The molecule has 1 N–H and O–H groups in total. The number of aromatic nitrogens is 2. The highest BCUT2D eigenvalue weighted by Crippen LogP contribution is 2.28. The number of benzene rings is 1. The zero-order chi connectivity index (χ0) is 13.2. The maximum absolute atomic E-state index is 12.3. The van der Waals surface area contributed by atoms with E-state index in [1.54, 1.807) is 12.3 Å². The maximum Gasteiger partial charge on any atom is 0.274 e. The van der Waals surface area contributed by atoms with Crippen molar-refractivity contribution in [3.63, 3.8) is 0 Å². The molecule has 1 aromatic carbocycles. The van der Waals surface area contributed by atoms with E-state index in [2.05, 4.69) is 5.10 Å². The van der Waals surface area contributed by atoms with Gasteiger partial charge in [-0.3, -0.25) is 4.79 Å². The molecule has 2 aromatic rings. The second kappa shape index (κ2) is 5.13. The Morgan fingerprint density at radius 3 is 2.84 bits per heavy atom. The zero-order valence-electron chi connectivity index (χ0n) is 10.8. The summed E-state index contributed by atoms with van der Waals surface area (Å²) >= 11 is 0. The Balaban J connectivity index is 1.88. The predicted molar refractivity (Wildman–Crippen MR) is 74.0 cm³/mol. The Morgan fingerprint density at radius 2 is 2.05 bits per heavy atom. The van der Waals surface area contributed by atoms with Crippen LogP contribution in [0.4, 0.5) is 0 Å². The molecule has 3 rings (SSSR count). The van der Waals surface area contributed by atoms with Crippen molar-refractivity contribution in [1.82, 2.24) is 9.78 Å². The normalized spacial score (nSPS) is 17.9. The average molecular weight is 258 g/mol. The van der Waals surface area contributed by atoms with Crippen molar-refractivity contribution in [1.29, 1.82) is 0 Å². The highest BCUT2D eigenvalue weighted by Gasteiger charge is 2.24. The Bertz CT molecular complexity index is 629. The first-order chi connectivity index (χ1) is 9.25. The van der Waals surface area contributed by atoms with Gasteiger partial charge < -0.3 is 5.11 Å². The molecule has 1 unspecified atom stereocenters. The molecule has 1 atom stereocenters. The van der Waals surface area contributed by atoms with Crippen molar-refractivity contribution in [2.75, 3.05) is 0 Å². The van der Waals surface area contributed by atoms with Crippen molar-refractivity contribution in [2.45, 2.75) is 38.3 Å². The molecule has 0 saturated heterocycles. The maximum atomic E-state index is 12.3. The molecule has 4 heteroatoms. The van der Waals surface area contributed by atoms with E-state index in [4.69, 9.17) is 0 Å². The van der Waals surface area contributed by atoms with Gasteiger partial charge in [0.15, 0.2) is 0 Å². The van der Waals surface area contributed by atoms with Crippen molar-refractivity contribution >= 4 is 10.8 Å². The van der Waals surface area contributed by atoms with Crippen LogP contribution in [0.3, 0.4) is 0 Å². The van der Waals surface area contributed by atoms with E-state index in [0.717, 1.165) is 18.2 Å². The van der Waals surface area contributed by atoms with Gasteiger partial charge in [-0.15, -0.1) is 0 Å². The van der Waals surface area contributed by atoms with Crippen molar-refractivity contribution in [2.24, 2.45) is 5.92 Å². The minimum Gasteiger partial charge on any atom is -0.391 e. The molecule has 0 spiro atoms. The average Bonchev–Trinajstić information content (AvgIpc) is 2.96. The van der Waals surface area contributed by atoms with E-state index in [0.29, 0.717) is 17.8 Å². The minimum absolute atomic E-state index is 0.116. The van der Waals surface area contributed by atoms with Gasteiger partial charge in [0, 0.05) is 5.39 Å². The van der Waals surface area contributed by atoms with Gasteiger partial charge in [0.1, 0.15) is 0 Å². The third-order valence-corrected chi connectivity index (χ3v) is 4.07. The molecule has 4 nitrogen and oxygen atoms in total. The van der Waals surface area contributed by atoms with Gasteiger partial charge in [0.2, 0.25) is 0 Å². The number of aliphatic hydroxyl groups excluding tert-OH is 1. The fraction of sp³-hybridized carbons (Fsp3) is 0.467. The lowest BCUT2D eigenvalue weighted by Gasteiger charge is -2.18. The number of hydrogen-bond donors (Lipinski definition) is 1. The van der Waals surface area contributed by atoms with Gasteiger partial charge in [-0.2, -0.15) is 5.10 Å². The number of hydrogen-bond acceptors (Lipinski definition) is 3. The van der Waals surface area contributed by atoms with Gasteiger partial charge in [-0.25, -0.2) is 4.68 Å². The standard InChI is InChI=1S/C15H18N2O2/c18-14(11-5-1-2-6-11)10-17-15(19)13-8-4-3-7-12(13)9-16-17/h3-4,7-9,11,14,18H,1-2,5-6,10H2. The first kappa shape index (κ1) is 12.4. The van der Waals surface area contributed by atoms with E-state index >= 15 is 0 Å². The van der Waals surface area contributed by atoms with Crippen LogP contribution in [0.25, 0.3) is 10.8 Å². The minimum atomic E-state index is -0.464. The largest absolute Gasteiger partial charge is 0.391 e. The fourth-order valence-corrected chi connectivity index (χ4v) is 2.93. The topological polar surface area (TPSA) is 55.1 Å². The lowest BCUT2D eigenvalue weighted by molar-refractivity contribution is 0.0880. The van der Waals surface area contributed by atoms with Crippen LogP contribution < -0.4 is 5.56 Å². The molecule has 1 aliphatic carbocycles. The molecule has 0 amide bonds. The van der Waals surface area contributed by atoms with Crippen LogP contribution in [0.1, 0.15) is 25.7 Å². The number of fused-ring (bicyclic) bond motifs is 1. The third-order valence-electron chi connectivity index (χ3n) is 4.07. The molecule has 0 bridgehead atoms. The lowest BCUT2D eigenvalue weighted by Crippen LogP contribution is -2.32. The number of nitrogens with zero attached hydrogens (tertiary/aromatic N) is 2. The molecule has 1 heterocycles. The summed E-state index contributed by atoms with van der Waals surface area (Å²) in [7, 11) is 0. The van der Waals surface area contributed by atoms with Crippen molar-refractivity contribution < 1.29 is 5.11 Å². The molecule has 19 heavy (non-hydrogen) atoms. The molecule has 1 aliphatic rings. The molecular formula is C15H18N2O2. The van der Waals surface area contributed by atoms with Crippen LogP contribution in [0, 0.1) is 5.92 Å². The SMILES string of the molecule is O=c1c2ccccc2cnn1CC(O)C1CCCC1. The van der Waals surface area contributed by atoms with Gasteiger partial charge in [0.25, 0.3) is 5.56 Å². The second-order valence-corrected chi connectivity index (χ2v) is 5.33. The first-order valence-electron chi connectivity index (χ1n) is 6.88. The highest BCUT2D eigenvalue weighted by atomic mass is 16.3. The van der Waals surface area contributed by atoms with E-state index in [1.165, 1.54) is 17.5 Å². The van der Waals surface area contributed by atoms with E-state index < -0.39 is 6.10 Å². The molecular weight excluding hydrogens is 240 g/mol.